The van der Waals surface area contributed by atoms with Crippen molar-refractivity contribution in [1.29, 1.82) is 0 Å². The summed E-state index contributed by atoms with van der Waals surface area (Å²) < 4.78 is 0. The van der Waals surface area contributed by atoms with E-state index in [0.717, 1.165) is 29.2 Å². The van der Waals surface area contributed by atoms with Gasteiger partial charge in [-0.3, -0.25) is 4.79 Å². The number of amides is 1. The van der Waals surface area contributed by atoms with E-state index in [1.807, 2.05) is 19.2 Å². The van der Waals surface area contributed by atoms with E-state index in [-0.39, 0.29) is 5.91 Å². The normalized spacial score (nSPS) is 10.4. The first-order valence-corrected chi connectivity index (χ1v) is 7.96. The molecule has 2 aromatic rings. The van der Waals surface area contributed by atoms with E-state index in [4.69, 9.17) is 0 Å². The van der Waals surface area contributed by atoms with Crippen molar-refractivity contribution >= 4 is 23.1 Å². The van der Waals surface area contributed by atoms with Gasteiger partial charge in [0, 0.05) is 28.1 Å². The number of aromatic nitrogens is 1. The second kappa shape index (κ2) is 7.22. The van der Waals surface area contributed by atoms with E-state index in [2.05, 4.69) is 35.5 Å². The van der Waals surface area contributed by atoms with Gasteiger partial charge >= 0.3 is 0 Å². The number of rotatable bonds is 6. The SMILES string of the molecule is CCCc1cc(C(=O)NCc2ccc(C)s2)cc(NC)n1. The zero-order chi connectivity index (χ0) is 15.2. The number of carbonyl (C=O) groups is 1. The monoisotopic (exact) mass is 303 g/mol. The van der Waals surface area contributed by atoms with Crippen molar-refractivity contribution in [2.45, 2.75) is 33.2 Å². The number of nitrogens with zero attached hydrogens (tertiary/aromatic N) is 1. The molecule has 0 bridgehead atoms. The second-order valence-electron chi connectivity index (χ2n) is 4.93. The highest BCUT2D eigenvalue weighted by Crippen LogP contribution is 2.15. The Bertz CT molecular complexity index is 622. The third-order valence-electron chi connectivity index (χ3n) is 3.12. The summed E-state index contributed by atoms with van der Waals surface area (Å²) in [6, 6.07) is 7.78. The molecule has 0 aliphatic rings. The number of nitrogens with one attached hydrogen (secondary N) is 2. The van der Waals surface area contributed by atoms with Gasteiger partial charge in [0.15, 0.2) is 0 Å². The molecule has 2 aromatic heterocycles. The van der Waals surface area contributed by atoms with Gasteiger partial charge in [-0.25, -0.2) is 4.98 Å². The zero-order valence-corrected chi connectivity index (χ0v) is 13.5. The first-order valence-electron chi connectivity index (χ1n) is 7.14. The summed E-state index contributed by atoms with van der Waals surface area (Å²) in [5.74, 6) is 0.676. The van der Waals surface area contributed by atoms with Gasteiger partial charge in [-0.1, -0.05) is 13.3 Å². The summed E-state index contributed by atoms with van der Waals surface area (Å²) in [7, 11) is 1.81. The molecule has 2 rings (SSSR count). The summed E-state index contributed by atoms with van der Waals surface area (Å²) in [5, 5.41) is 5.97. The molecule has 0 atom stereocenters. The highest BCUT2D eigenvalue weighted by Gasteiger charge is 2.09. The van der Waals surface area contributed by atoms with Crippen molar-refractivity contribution in [2.75, 3.05) is 12.4 Å². The van der Waals surface area contributed by atoms with E-state index in [0.29, 0.717) is 12.1 Å². The van der Waals surface area contributed by atoms with Gasteiger partial charge in [0.1, 0.15) is 5.82 Å². The van der Waals surface area contributed by atoms with E-state index < -0.39 is 0 Å². The van der Waals surface area contributed by atoms with Crippen LogP contribution >= 0.6 is 11.3 Å². The minimum Gasteiger partial charge on any atom is -0.373 e. The molecule has 0 radical (unpaired) electrons. The summed E-state index contributed by atoms with van der Waals surface area (Å²) in [6.07, 6.45) is 1.88. The number of pyridine rings is 1. The quantitative estimate of drug-likeness (QED) is 0.860. The summed E-state index contributed by atoms with van der Waals surface area (Å²) in [4.78, 5) is 19.2. The van der Waals surface area contributed by atoms with Crippen LogP contribution in [0.2, 0.25) is 0 Å². The average molecular weight is 303 g/mol. The molecule has 112 valence electrons. The molecule has 0 aliphatic heterocycles. The molecule has 2 N–H and O–H groups in total. The summed E-state index contributed by atoms with van der Waals surface area (Å²) in [5.41, 5.74) is 1.60. The molecule has 2 heterocycles. The fourth-order valence-electron chi connectivity index (χ4n) is 2.08. The Morgan fingerprint density at radius 2 is 2.14 bits per heavy atom. The van der Waals surface area contributed by atoms with Crippen molar-refractivity contribution in [3.8, 4) is 0 Å². The largest absolute Gasteiger partial charge is 0.373 e. The van der Waals surface area contributed by atoms with Crippen molar-refractivity contribution in [1.82, 2.24) is 10.3 Å². The summed E-state index contributed by atoms with van der Waals surface area (Å²) in [6.45, 7) is 4.74. The molecule has 0 fully saturated rings. The topological polar surface area (TPSA) is 54.0 Å². The predicted octanol–water partition coefficient (Wildman–Crippen LogP) is 3.38. The Labute approximate surface area is 129 Å². The van der Waals surface area contributed by atoms with Gasteiger partial charge in [0.25, 0.3) is 5.91 Å². The third-order valence-corrected chi connectivity index (χ3v) is 4.12. The first kappa shape index (κ1) is 15.5. The van der Waals surface area contributed by atoms with E-state index >= 15 is 0 Å². The Kier molecular flexibility index (Phi) is 5.33. The molecule has 0 unspecified atom stereocenters. The number of hydrogen-bond donors (Lipinski definition) is 2. The minimum atomic E-state index is -0.0580. The smallest absolute Gasteiger partial charge is 0.251 e. The average Bonchev–Trinajstić information content (AvgIpc) is 2.90. The number of hydrogen-bond acceptors (Lipinski definition) is 4. The molecular formula is C16H21N3OS. The lowest BCUT2D eigenvalue weighted by atomic mass is 10.1. The van der Waals surface area contributed by atoms with Crippen LogP contribution < -0.4 is 10.6 Å². The van der Waals surface area contributed by atoms with Gasteiger partial charge in [-0.05, 0) is 37.6 Å². The molecule has 0 spiro atoms. The lowest BCUT2D eigenvalue weighted by Gasteiger charge is -2.08. The Hall–Kier alpha value is -1.88. The molecule has 0 saturated heterocycles. The minimum absolute atomic E-state index is 0.0580. The van der Waals surface area contributed by atoms with Crippen LogP contribution in [0.1, 0.15) is 39.2 Å². The van der Waals surface area contributed by atoms with Crippen LogP contribution in [0, 0.1) is 6.92 Å². The van der Waals surface area contributed by atoms with Gasteiger partial charge < -0.3 is 10.6 Å². The van der Waals surface area contributed by atoms with Crippen molar-refractivity contribution in [3.05, 3.63) is 45.3 Å². The van der Waals surface area contributed by atoms with Crippen LogP contribution in [-0.2, 0) is 13.0 Å². The van der Waals surface area contributed by atoms with Gasteiger partial charge in [0.05, 0.1) is 6.54 Å². The Morgan fingerprint density at radius 1 is 1.33 bits per heavy atom. The maximum atomic E-state index is 12.3. The van der Waals surface area contributed by atoms with Crippen LogP contribution in [0.15, 0.2) is 24.3 Å². The van der Waals surface area contributed by atoms with Crippen LogP contribution in [0.3, 0.4) is 0 Å². The van der Waals surface area contributed by atoms with Crippen LogP contribution in [0.25, 0.3) is 0 Å². The van der Waals surface area contributed by atoms with Gasteiger partial charge in [-0.15, -0.1) is 11.3 Å². The maximum Gasteiger partial charge on any atom is 0.251 e. The summed E-state index contributed by atoms with van der Waals surface area (Å²) >= 11 is 1.70. The van der Waals surface area contributed by atoms with E-state index in [1.54, 1.807) is 17.4 Å². The van der Waals surface area contributed by atoms with Crippen LogP contribution in [0.5, 0.6) is 0 Å². The van der Waals surface area contributed by atoms with E-state index in [9.17, 15) is 4.79 Å². The molecule has 0 saturated carbocycles. The zero-order valence-electron chi connectivity index (χ0n) is 12.7. The number of anilines is 1. The maximum absolute atomic E-state index is 12.3. The Balaban J connectivity index is 2.08. The number of thiophene rings is 1. The molecular weight excluding hydrogens is 282 g/mol. The highest BCUT2D eigenvalue weighted by molar-refractivity contribution is 7.11. The van der Waals surface area contributed by atoms with Gasteiger partial charge in [-0.2, -0.15) is 0 Å². The molecule has 1 amide bonds. The molecule has 0 aromatic carbocycles. The molecule has 0 aliphatic carbocycles. The molecule has 21 heavy (non-hydrogen) atoms. The predicted molar refractivity (Wildman–Crippen MR) is 88.0 cm³/mol. The molecule has 5 heteroatoms. The van der Waals surface area contributed by atoms with E-state index in [1.165, 1.54) is 4.88 Å². The standard InChI is InChI=1S/C16H21N3OS/c1-4-5-13-8-12(9-15(17-3)19-13)16(20)18-10-14-7-6-11(2)21-14/h6-9H,4-5,10H2,1-3H3,(H,17,19)(H,18,20). The van der Waals surface area contributed by atoms with Crippen molar-refractivity contribution in [3.63, 3.8) is 0 Å². The van der Waals surface area contributed by atoms with Crippen LogP contribution in [0.4, 0.5) is 5.82 Å². The number of carbonyl (C=O) groups excluding carboxylic acids is 1. The fourth-order valence-corrected chi connectivity index (χ4v) is 2.91. The Morgan fingerprint density at radius 3 is 2.76 bits per heavy atom. The highest BCUT2D eigenvalue weighted by atomic mass is 32.1. The van der Waals surface area contributed by atoms with Crippen molar-refractivity contribution < 1.29 is 4.79 Å². The first-order chi connectivity index (χ1) is 10.1. The van der Waals surface area contributed by atoms with Crippen LogP contribution in [-0.4, -0.2) is 17.9 Å². The lowest BCUT2D eigenvalue weighted by molar-refractivity contribution is 0.0951. The number of aryl methyl sites for hydroxylation is 2. The second-order valence-corrected chi connectivity index (χ2v) is 6.30. The molecule has 4 nitrogen and oxygen atoms in total. The van der Waals surface area contributed by atoms with Gasteiger partial charge in [0.2, 0.25) is 0 Å². The lowest BCUT2D eigenvalue weighted by Crippen LogP contribution is -2.22. The fraction of sp³-hybridized carbons (Fsp3) is 0.375. The third kappa shape index (κ3) is 4.29. The van der Waals surface area contributed by atoms with Crippen molar-refractivity contribution in [2.24, 2.45) is 0 Å².